The average molecular weight is 312 g/mol. The molecule has 0 saturated carbocycles. The van der Waals surface area contributed by atoms with Crippen LogP contribution in [0, 0.1) is 0 Å². The molecule has 0 unspecified atom stereocenters. The maximum Gasteiger partial charge on any atom is 0.210 e. The number of nitrogens with zero attached hydrogens (tertiary/aromatic N) is 1. The van der Waals surface area contributed by atoms with Gasteiger partial charge in [-0.3, -0.25) is 4.79 Å². The summed E-state index contributed by atoms with van der Waals surface area (Å²) in [5.74, 6) is 0.0967. The molecule has 0 atom stereocenters. The lowest BCUT2D eigenvalue weighted by atomic mass is 10.1. The molecule has 1 N–H and O–H groups in total. The first-order valence-electron chi connectivity index (χ1n) is 6.87. The van der Waals surface area contributed by atoms with Gasteiger partial charge in [0.15, 0.2) is 0 Å². The zero-order valence-electron chi connectivity index (χ0n) is 11.7. The number of halogens is 1. The molecule has 0 saturated heterocycles. The van der Waals surface area contributed by atoms with Crippen molar-refractivity contribution in [1.29, 1.82) is 0 Å². The molecule has 0 amide bonds. The molecule has 3 nitrogen and oxygen atoms in total. The van der Waals surface area contributed by atoms with E-state index in [4.69, 9.17) is 11.6 Å². The van der Waals surface area contributed by atoms with E-state index in [1.807, 2.05) is 22.9 Å². The van der Waals surface area contributed by atoms with Crippen molar-refractivity contribution in [3.63, 3.8) is 0 Å². The third kappa shape index (κ3) is 2.90. The third-order valence-corrected chi connectivity index (χ3v) is 3.77. The van der Waals surface area contributed by atoms with E-state index in [1.54, 1.807) is 48.5 Å². The number of aromatic hydroxyl groups is 1. The van der Waals surface area contributed by atoms with Crippen LogP contribution < -0.4 is 0 Å². The smallest absolute Gasteiger partial charge is 0.210 e. The number of aromatic nitrogens is 1. The van der Waals surface area contributed by atoms with Gasteiger partial charge in [-0.25, -0.2) is 0 Å². The van der Waals surface area contributed by atoms with Crippen LogP contribution in [-0.4, -0.2) is 15.5 Å². The maximum absolute atomic E-state index is 12.7. The Balaban J connectivity index is 1.92. The Hall–Kier alpha value is -2.52. The molecule has 3 aromatic rings. The number of hydrogen-bond donors (Lipinski definition) is 1. The number of phenols is 1. The lowest BCUT2D eigenvalue weighted by Crippen LogP contribution is -2.11. The number of phenolic OH excluding ortho intramolecular Hbond substituents is 1. The summed E-state index contributed by atoms with van der Waals surface area (Å²) in [4.78, 5) is 12.7. The fourth-order valence-corrected chi connectivity index (χ4v) is 2.61. The third-order valence-electron chi connectivity index (χ3n) is 3.44. The van der Waals surface area contributed by atoms with Crippen LogP contribution in [0.3, 0.4) is 0 Å². The Kier molecular flexibility index (Phi) is 3.98. The van der Waals surface area contributed by atoms with Crippen molar-refractivity contribution < 1.29 is 9.90 Å². The molecule has 0 aliphatic heterocycles. The van der Waals surface area contributed by atoms with Gasteiger partial charge in [0, 0.05) is 18.3 Å². The molecule has 2 aromatic carbocycles. The monoisotopic (exact) mass is 311 g/mol. The molecular formula is C18H14ClNO2. The first-order valence-corrected chi connectivity index (χ1v) is 7.25. The number of benzene rings is 2. The highest BCUT2D eigenvalue weighted by Crippen LogP contribution is 2.20. The van der Waals surface area contributed by atoms with E-state index in [0.29, 0.717) is 22.8 Å². The van der Waals surface area contributed by atoms with Crippen molar-refractivity contribution in [1.82, 2.24) is 4.57 Å². The minimum absolute atomic E-state index is 0.115. The van der Waals surface area contributed by atoms with Gasteiger partial charge in [0.05, 0.1) is 10.7 Å². The largest absolute Gasteiger partial charge is 0.508 e. The minimum atomic E-state index is -0.115. The van der Waals surface area contributed by atoms with Crippen molar-refractivity contribution >= 4 is 17.4 Å². The Morgan fingerprint density at radius 1 is 1.05 bits per heavy atom. The molecule has 0 aliphatic rings. The normalized spacial score (nSPS) is 10.6. The fraction of sp³-hybridized carbons (Fsp3) is 0.0556. The molecule has 4 heteroatoms. The molecule has 1 aromatic heterocycles. The molecule has 0 spiro atoms. The maximum atomic E-state index is 12.7. The van der Waals surface area contributed by atoms with Crippen molar-refractivity contribution in [2.24, 2.45) is 0 Å². The van der Waals surface area contributed by atoms with E-state index >= 15 is 0 Å². The molecule has 3 rings (SSSR count). The van der Waals surface area contributed by atoms with Crippen molar-refractivity contribution in [3.05, 3.63) is 88.7 Å². The van der Waals surface area contributed by atoms with Gasteiger partial charge in [0.2, 0.25) is 5.78 Å². The second-order valence-corrected chi connectivity index (χ2v) is 5.41. The van der Waals surface area contributed by atoms with E-state index in [0.717, 1.165) is 5.56 Å². The number of carbonyl (C=O) groups excluding carboxylic acids is 1. The molecule has 0 bridgehead atoms. The molecule has 0 aliphatic carbocycles. The van der Waals surface area contributed by atoms with Crippen LogP contribution in [0.25, 0.3) is 0 Å². The van der Waals surface area contributed by atoms with Crippen LogP contribution >= 0.6 is 11.6 Å². The summed E-state index contributed by atoms with van der Waals surface area (Å²) in [6, 6.07) is 17.6. The molecule has 0 radical (unpaired) electrons. The number of rotatable bonds is 4. The van der Waals surface area contributed by atoms with Gasteiger partial charge in [0.1, 0.15) is 5.75 Å². The van der Waals surface area contributed by atoms with E-state index in [1.165, 1.54) is 0 Å². The number of hydrogen-bond acceptors (Lipinski definition) is 2. The van der Waals surface area contributed by atoms with Gasteiger partial charge < -0.3 is 9.67 Å². The first kappa shape index (κ1) is 14.4. The van der Waals surface area contributed by atoms with Crippen LogP contribution in [0.15, 0.2) is 66.9 Å². The van der Waals surface area contributed by atoms with Crippen LogP contribution in [0.5, 0.6) is 5.75 Å². The Morgan fingerprint density at radius 2 is 1.86 bits per heavy atom. The van der Waals surface area contributed by atoms with Crippen LogP contribution in [0.1, 0.15) is 21.6 Å². The standard InChI is InChI=1S/C18H14ClNO2/c19-16-8-2-1-7-15(16)18(22)17-9-4-10-20(17)12-13-5-3-6-14(21)11-13/h1-11,21H,12H2. The summed E-state index contributed by atoms with van der Waals surface area (Å²) in [5.41, 5.74) is 1.97. The van der Waals surface area contributed by atoms with Gasteiger partial charge in [-0.1, -0.05) is 35.9 Å². The number of carbonyl (C=O) groups is 1. The highest BCUT2D eigenvalue weighted by Gasteiger charge is 2.16. The van der Waals surface area contributed by atoms with E-state index < -0.39 is 0 Å². The van der Waals surface area contributed by atoms with E-state index in [2.05, 4.69) is 0 Å². The highest BCUT2D eigenvalue weighted by atomic mass is 35.5. The van der Waals surface area contributed by atoms with Crippen molar-refractivity contribution in [3.8, 4) is 5.75 Å². The van der Waals surface area contributed by atoms with Gasteiger partial charge in [-0.05, 0) is 42.0 Å². The summed E-state index contributed by atoms with van der Waals surface area (Å²) >= 11 is 6.11. The molecule has 0 fully saturated rings. The van der Waals surface area contributed by atoms with Crippen LogP contribution in [0.4, 0.5) is 0 Å². The summed E-state index contributed by atoms with van der Waals surface area (Å²) < 4.78 is 1.85. The van der Waals surface area contributed by atoms with Crippen LogP contribution in [-0.2, 0) is 6.54 Å². The molecule has 22 heavy (non-hydrogen) atoms. The average Bonchev–Trinajstić information content (AvgIpc) is 2.95. The minimum Gasteiger partial charge on any atom is -0.508 e. The Bertz CT molecular complexity index is 823. The second-order valence-electron chi connectivity index (χ2n) is 5.00. The van der Waals surface area contributed by atoms with Crippen molar-refractivity contribution in [2.75, 3.05) is 0 Å². The Morgan fingerprint density at radius 3 is 2.64 bits per heavy atom. The molecular weight excluding hydrogens is 298 g/mol. The molecule has 110 valence electrons. The van der Waals surface area contributed by atoms with Crippen molar-refractivity contribution in [2.45, 2.75) is 6.54 Å². The zero-order chi connectivity index (χ0) is 15.5. The predicted molar refractivity (Wildman–Crippen MR) is 86.5 cm³/mol. The summed E-state index contributed by atoms with van der Waals surface area (Å²) in [6.45, 7) is 0.507. The second kappa shape index (κ2) is 6.08. The zero-order valence-corrected chi connectivity index (χ0v) is 12.5. The van der Waals surface area contributed by atoms with E-state index in [-0.39, 0.29) is 11.5 Å². The summed E-state index contributed by atoms with van der Waals surface area (Å²) in [6.07, 6.45) is 1.84. The lowest BCUT2D eigenvalue weighted by Gasteiger charge is -2.10. The number of ketones is 1. The quantitative estimate of drug-likeness (QED) is 0.736. The van der Waals surface area contributed by atoms with Gasteiger partial charge >= 0.3 is 0 Å². The fourth-order valence-electron chi connectivity index (χ4n) is 2.39. The Labute approximate surface area is 133 Å². The SMILES string of the molecule is O=C(c1ccccc1Cl)c1cccn1Cc1cccc(O)c1. The van der Waals surface area contributed by atoms with Crippen LogP contribution in [0.2, 0.25) is 5.02 Å². The van der Waals surface area contributed by atoms with Gasteiger partial charge in [0.25, 0.3) is 0 Å². The van der Waals surface area contributed by atoms with Gasteiger partial charge in [-0.2, -0.15) is 0 Å². The van der Waals surface area contributed by atoms with E-state index in [9.17, 15) is 9.90 Å². The molecule has 1 heterocycles. The summed E-state index contributed by atoms with van der Waals surface area (Å²) in [7, 11) is 0. The predicted octanol–water partition coefficient (Wildman–Crippen LogP) is 4.13. The first-order chi connectivity index (χ1) is 10.6. The summed E-state index contributed by atoms with van der Waals surface area (Å²) in [5, 5.41) is 9.98. The lowest BCUT2D eigenvalue weighted by molar-refractivity contribution is 0.103. The van der Waals surface area contributed by atoms with Gasteiger partial charge in [-0.15, -0.1) is 0 Å². The topological polar surface area (TPSA) is 42.2 Å². The highest BCUT2D eigenvalue weighted by molar-refractivity contribution is 6.34.